The second-order valence-corrected chi connectivity index (χ2v) is 5.29. The van der Waals surface area contributed by atoms with Crippen molar-refractivity contribution in [3.05, 3.63) is 42.5 Å². The van der Waals surface area contributed by atoms with Crippen LogP contribution in [0.5, 0.6) is 0 Å². The normalized spacial score (nSPS) is 24.3. The molecule has 0 spiro atoms. The molecular weight excluding hydrogens is 250 g/mol. The Kier molecular flexibility index (Phi) is 5.22. The summed E-state index contributed by atoms with van der Waals surface area (Å²) in [4.78, 5) is 13.6. The van der Waals surface area contributed by atoms with Gasteiger partial charge in [0, 0.05) is 19.7 Å². The maximum Gasteiger partial charge on any atom is 0.302 e. The second-order valence-electron chi connectivity index (χ2n) is 5.29. The van der Waals surface area contributed by atoms with E-state index in [9.17, 15) is 4.79 Å². The van der Waals surface area contributed by atoms with Crippen molar-refractivity contribution >= 4 is 11.7 Å². The molecule has 0 saturated carbocycles. The highest BCUT2D eigenvalue weighted by molar-refractivity contribution is 5.66. The van der Waals surface area contributed by atoms with Crippen LogP contribution in [0.4, 0.5) is 5.69 Å². The zero-order valence-corrected chi connectivity index (χ0v) is 12.3. The lowest BCUT2D eigenvalue weighted by Gasteiger charge is -2.36. The molecule has 0 bridgehead atoms. The topological polar surface area (TPSA) is 29.5 Å². The molecule has 3 heteroatoms. The summed E-state index contributed by atoms with van der Waals surface area (Å²) in [6.45, 7) is 1.49. The summed E-state index contributed by atoms with van der Waals surface area (Å²) < 4.78 is 5.57. The van der Waals surface area contributed by atoms with Crippen molar-refractivity contribution in [1.29, 1.82) is 0 Å². The lowest BCUT2D eigenvalue weighted by Crippen LogP contribution is -2.43. The number of ether oxygens (including phenoxy) is 1. The number of carbonyl (C=O) groups is 1. The van der Waals surface area contributed by atoms with Crippen molar-refractivity contribution in [3.63, 3.8) is 0 Å². The van der Waals surface area contributed by atoms with Crippen LogP contribution in [0, 0.1) is 0 Å². The van der Waals surface area contributed by atoms with E-state index < -0.39 is 0 Å². The van der Waals surface area contributed by atoms with Gasteiger partial charge in [-0.1, -0.05) is 30.4 Å². The fourth-order valence-corrected chi connectivity index (χ4v) is 2.79. The van der Waals surface area contributed by atoms with E-state index in [0.29, 0.717) is 0 Å². The van der Waals surface area contributed by atoms with Crippen LogP contribution in [0.1, 0.15) is 32.6 Å². The van der Waals surface area contributed by atoms with Crippen LogP contribution in [-0.4, -0.2) is 25.2 Å². The van der Waals surface area contributed by atoms with Gasteiger partial charge in [-0.3, -0.25) is 4.79 Å². The standard InChI is InChI=1S/C17H23NO2/c1-14(19)20-17-13-9-4-3-8-12-16(17)18(2)15-10-6-5-7-11-15/h3-7,10-11,16-17H,8-9,12-13H2,1-2H3/b4-3-/t16-,17-/m0/s1. The predicted octanol–water partition coefficient (Wildman–Crippen LogP) is 3.55. The Morgan fingerprint density at radius 3 is 2.45 bits per heavy atom. The van der Waals surface area contributed by atoms with Gasteiger partial charge in [-0.2, -0.15) is 0 Å². The zero-order chi connectivity index (χ0) is 14.4. The number of nitrogens with zero attached hydrogens (tertiary/aromatic N) is 1. The minimum atomic E-state index is -0.189. The number of rotatable bonds is 3. The van der Waals surface area contributed by atoms with Gasteiger partial charge in [0.2, 0.25) is 0 Å². The number of benzene rings is 1. The maximum atomic E-state index is 11.4. The Morgan fingerprint density at radius 1 is 1.15 bits per heavy atom. The molecule has 2 rings (SSSR count). The van der Waals surface area contributed by atoms with Gasteiger partial charge < -0.3 is 9.64 Å². The molecule has 20 heavy (non-hydrogen) atoms. The number of anilines is 1. The highest BCUT2D eigenvalue weighted by Crippen LogP contribution is 2.25. The summed E-state index contributed by atoms with van der Waals surface area (Å²) in [5.41, 5.74) is 1.17. The van der Waals surface area contributed by atoms with Gasteiger partial charge in [0.25, 0.3) is 0 Å². The third kappa shape index (κ3) is 3.86. The number of likely N-dealkylation sites (N-methyl/N-ethyl adjacent to an activating group) is 1. The molecule has 0 radical (unpaired) electrons. The van der Waals surface area contributed by atoms with Crippen molar-refractivity contribution in [2.24, 2.45) is 0 Å². The second kappa shape index (κ2) is 7.13. The first-order valence-corrected chi connectivity index (χ1v) is 7.28. The summed E-state index contributed by atoms with van der Waals surface area (Å²) in [6.07, 6.45) is 8.27. The predicted molar refractivity (Wildman–Crippen MR) is 81.8 cm³/mol. The summed E-state index contributed by atoms with van der Waals surface area (Å²) in [5.74, 6) is -0.189. The zero-order valence-electron chi connectivity index (χ0n) is 12.3. The molecule has 0 fully saturated rings. The molecule has 1 aromatic rings. The Morgan fingerprint density at radius 2 is 1.80 bits per heavy atom. The molecular formula is C17H23NO2. The molecule has 0 amide bonds. The van der Waals surface area contributed by atoms with E-state index in [1.165, 1.54) is 12.6 Å². The van der Waals surface area contributed by atoms with Gasteiger partial charge in [0.15, 0.2) is 0 Å². The number of esters is 1. The van der Waals surface area contributed by atoms with E-state index in [1.807, 2.05) is 18.2 Å². The Labute approximate surface area is 121 Å². The quantitative estimate of drug-likeness (QED) is 0.623. The summed E-state index contributed by atoms with van der Waals surface area (Å²) in [5, 5.41) is 0. The van der Waals surface area contributed by atoms with Crippen molar-refractivity contribution in [3.8, 4) is 0 Å². The fourth-order valence-electron chi connectivity index (χ4n) is 2.79. The Bertz CT molecular complexity index is 455. The third-order valence-electron chi connectivity index (χ3n) is 3.82. The van der Waals surface area contributed by atoms with Gasteiger partial charge in [-0.15, -0.1) is 0 Å². The van der Waals surface area contributed by atoms with Crippen molar-refractivity contribution < 1.29 is 9.53 Å². The molecule has 1 aliphatic carbocycles. The maximum absolute atomic E-state index is 11.4. The average molecular weight is 273 g/mol. The number of para-hydroxylation sites is 1. The van der Waals surface area contributed by atoms with Crippen molar-refractivity contribution in [1.82, 2.24) is 0 Å². The van der Waals surface area contributed by atoms with Gasteiger partial charge in [-0.05, 0) is 37.8 Å². The molecule has 0 unspecified atom stereocenters. The van der Waals surface area contributed by atoms with Crippen molar-refractivity contribution in [2.75, 3.05) is 11.9 Å². The van der Waals surface area contributed by atoms with E-state index in [0.717, 1.165) is 25.7 Å². The molecule has 0 N–H and O–H groups in total. The first kappa shape index (κ1) is 14.6. The molecule has 0 saturated heterocycles. The molecule has 0 aromatic heterocycles. The van der Waals surface area contributed by atoms with E-state index in [1.54, 1.807) is 0 Å². The number of allylic oxidation sites excluding steroid dienone is 2. The molecule has 0 heterocycles. The van der Waals surface area contributed by atoms with Gasteiger partial charge >= 0.3 is 5.97 Å². The van der Waals surface area contributed by atoms with Crippen LogP contribution < -0.4 is 4.90 Å². The smallest absolute Gasteiger partial charge is 0.302 e. The molecule has 1 aliphatic rings. The van der Waals surface area contributed by atoms with E-state index in [-0.39, 0.29) is 18.1 Å². The van der Waals surface area contributed by atoms with Crippen LogP contribution in [0.2, 0.25) is 0 Å². The van der Waals surface area contributed by atoms with Crippen LogP contribution in [0.3, 0.4) is 0 Å². The van der Waals surface area contributed by atoms with Crippen molar-refractivity contribution in [2.45, 2.75) is 44.8 Å². The van der Waals surface area contributed by atoms with Crippen LogP contribution in [-0.2, 0) is 9.53 Å². The van der Waals surface area contributed by atoms with Crippen LogP contribution in [0.25, 0.3) is 0 Å². The van der Waals surface area contributed by atoms with Crippen LogP contribution >= 0.6 is 0 Å². The van der Waals surface area contributed by atoms with E-state index in [2.05, 4.69) is 36.2 Å². The highest BCUT2D eigenvalue weighted by Gasteiger charge is 2.28. The summed E-state index contributed by atoms with van der Waals surface area (Å²) >= 11 is 0. The number of hydrogen-bond acceptors (Lipinski definition) is 3. The average Bonchev–Trinajstić information content (AvgIpc) is 2.42. The van der Waals surface area contributed by atoms with E-state index in [4.69, 9.17) is 4.74 Å². The first-order chi connectivity index (χ1) is 9.68. The van der Waals surface area contributed by atoms with Gasteiger partial charge in [-0.25, -0.2) is 0 Å². The lowest BCUT2D eigenvalue weighted by atomic mass is 9.96. The first-order valence-electron chi connectivity index (χ1n) is 7.28. The minimum Gasteiger partial charge on any atom is -0.460 e. The highest BCUT2D eigenvalue weighted by atomic mass is 16.5. The summed E-state index contributed by atoms with van der Waals surface area (Å²) in [7, 11) is 2.09. The third-order valence-corrected chi connectivity index (χ3v) is 3.82. The Balaban J connectivity index is 2.18. The van der Waals surface area contributed by atoms with E-state index >= 15 is 0 Å². The number of hydrogen-bond donors (Lipinski definition) is 0. The largest absolute Gasteiger partial charge is 0.460 e. The monoisotopic (exact) mass is 273 g/mol. The number of carbonyl (C=O) groups excluding carboxylic acids is 1. The summed E-state index contributed by atoms with van der Waals surface area (Å²) in [6, 6.07) is 10.5. The lowest BCUT2D eigenvalue weighted by molar-refractivity contribution is -0.147. The molecule has 1 aromatic carbocycles. The Hall–Kier alpha value is -1.77. The van der Waals surface area contributed by atoms with Gasteiger partial charge in [0.05, 0.1) is 6.04 Å². The fraction of sp³-hybridized carbons (Fsp3) is 0.471. The molecule has 108 valence electrons. The minimum absolute atomic E-state index is 0.0392. The molecule has 3 nitrogen and oxygen atoms in total. The SMILES string of the molecule is CC(=O)O[C@H]1CC/C=C\CC[C@@H]1N(C)c1ccccc1. The molecule has 2 atom stereocenters. The van der Waals surface area contributed by atoms with Gasteiger partial charge in [0.1, 0.15) is 6.10 Å². The van der Waals surface area contributed by atoms with Crippen LogP contribution in [0.15, 0.2) is 42.5 Å². The molecule has 0 aliphatic heterocycles.